The number of carbonyl (C=O) groups is 8. The Labute approximate surface area is 793 Å². The Morgan fingerprint density at radius 3 is 0.971 bits per heavy atom. The number of amides is 9. The van der Waals surface area contributed by atoms with Crippen LogP contribution in [0.1, 0.15) is 88.4 Å². The fraction of sp³-hybridized carbons (Fsp3) is 0.184. The van der Waals surface area contributed by atoms with Crippen molar-refractivity contribution >= 4 is 158 Å². The molecule has 16 N–H and O–H groups in total. The highest BCUT2D eigenvalue weighted by Gasteiger charge is 2.31. The summed E-state index contributed by atoms with van der Waals surface area (Å²) in [6.07, 6.45) is 22.5. The van der Waals surface area contributed by atoms with Gasteiger partial charge in [-0.2, -0.15) is 20.4 Å². The van der Waals surface area contributed by atoms with Crippen LogP contribution in [0.25, 0.3) is 179 Å². The van der Waals surface area contributed by atoms with Crippen LogP contribution in [-0.2, 0) is 19.1 Å². The fourth-order valence-electron chi connectivity index (χ4n) is 15.9. The highest BCUT2D eigenvalue weighted by Crippen LogP contribution is 2.38. The number of para-hydroxylation sites is 4. The summed E-state index contributed by atoms with van der Waals surface area (Å²) in [6, 6.07) is 36.7. The van der Waals surface area contributed by atoms with Crippen molar-refractivity contribution in [2.75, 3.05) is 75.8 Å². The number of nitrogens with one attached hydrogen (secondary N) is 16. The molecule has 9 amide bonds. The van der Waals surface area contributed by atoms with E-state index in [1.165, 1.54) is 0 Å². The minimum Gasteiger partial charge on any atom is -0.378 e. The van der Waals surface area contributed by atoms with Crippen LogP contribution in [0.5, 0.6) is 0 Å². The molecule has 42 nitrogen and oxygen atoms in total. The number of imidazole rings is 4. The van der Waals surface area contributed by atoms with E-state index in [4.69, 9.17) is 4.74 Å². The first-order valence-electron chi connectivity index (χ1n) is 44.7. The maximum Gasteiger partial charge on any atom is 0.322 e. The smallest absolute Gasteiger partial charge is 0.322 e. The van der Waals surface area contributed by atoms with Gasteiger partial charge in [0.1, 0.15) is 44.8 Å². The monoisotopic (exact) mass is 1870 g/mol. The molecule has 20 aromatic rings. The molecule has 1 aliphatic carbocycles. The normalized spacial score (nSPS) is 12.4. The number of H-pyrrole nitrogens is 8. The molecule has 1 aliphatic heterocycles. The lowest BCUT2D eigenvalue weighted by Crippen LogP contribution is -2.43. The van der Waals surface area contributed by atoms with E-state index >= 15 is 0 Å². The highest BCUT2D eigenvalue weighted by atomic mass is 16.5. The van der Waals surface area contributed by atoms with Gasteiger partial charge in [-0.3, -0.25) is 73.9 Å². The second-order valence-electron chi connectivity index (χ2n) is 33.7. The molecule has 4 aromatic carbocycles. The lowest BCUT2D eigenvalue weighted by atomic mass is 10.1. The highest BCUT2D eigenvalue weighted by molar-refractivity contribution is 6.10. The first-order valence-corrected chi connectivity index (χ1v) is 44.7. The number of ether oxygens (including phenoxy) is 1. The molecule has 0 unspecified atom stereocenters. The van der Waals surface area contributed by atoms with Gasteiger partial charge >= 0.3 is 6.03 Å². The number of nitrogens with zero attached hydrogens (tertiary/aromatic N) is 17. The van der Waals surface area contributed by atoms with Crippen LogP contribution in [0.3, 0.4) is 0 Å². The number of urea groups is 1. The molecule has 16 aromatic heterocycles. The van der Waals surface area contributed by atoms with E-state index in [1.807, 2.05) is 107 Å². The van der Waals surface area contributed by atoms with Gasteiger partial charge in [0.25, 0.3) is 23.6 Å². The zero-order valence-corrected chi connectivity index (χ0v) is 76.4. The summed E-state index contributed by atoms with van der Waals surface area (Å²) in [7, 11) is 6.35. The standard InChI is InChI=1S/C25H23N9O3.C25H24N8O2.C24H20N8O2.C24H22N8O2/c1-26-24(35)17-3-2-4-19-20(17)31-23(30-19)21-18-10-15(12-28-22(18)33-32-21)14-9-16(13-27-11-14)29-25(36)34-5-7-37-8-6-34;1-13(2)7-20(34)29-16-8-14(10-27-12-16)15-9-18-22(32-33-23(18)28-11-15)24-30-19-6-4-5-17(21(19)31-24)25(35)26-3;1-25-24(34)16-3-2-4-18-19(16)30-22(29-18)20-17-8-14(10-27-21(17)32-31-20)13-7-15(11-26-9-13)28-23(33)12-5-6-12;1-12(2)23(33)28-15-7-13(9-26-11-15)14-8-17-20(31-32-21(17)27-10-14)22-29-18-6-4-5-16(19(18)30-22)24(34)25-3/h2-4,9-13H,5-8H2,1H3,(H,26,35)(H,29,36)(H,30,31)(H,28,32,33);4-6,8-13H,7H2,1-3H3,(H,26,35)(H,29,34)(H,30,31)(H,28,32,33);2-4,7-12H,5-6H2,1H3,(H,25,34)(H,28,33)(H,29,30)(H,27,31,32);4-12H,1-3H3,(H,25,34)(H,28,33)(H,29,30)(H,27,31,32). The average Bonchev–Trinajstić information content (AvgIpc) is 1.63. The number of benzene rings is 4. The zero-order valence-electron chi connectivity index (χ0n) is 76.4. The van der Waals surface area contributed by atoms with Gasteiger partial charge in [-0.1, -0.05) is 52.0 Å². The molecule has 0 atom stereocenters. The number of hydrogen-bond acceptors (Lipinski definition) is 25. The predicted octanol–water partition coefficient (Wildman–Crippen LogP) is 13.5. The molecule has 22 rings (SSSR count). The summed E-state index contributed by atoms with van der Waals surface area (Å²) in [5, 5.41) is 54.5. The largest absolute Gasteiger partial charge is 0.378 e. The molecular weight excluding hydrogens is 1780 g/mol. The Hall–Kier alpha value is -18.6. The summed E-state index contributed by atoms with van der Waals surface area (Å²) in [6.45, 7) is 9.83. The minimum absolute atomic E-state index is 0.0330. The molecule has 700 valence electrons. The van der Waals surface area contributed by atoms with Crippen molar-refractivity contribution in [3.8, 4) is 90.6 Å². The predicted molar refractivity (Wildman–Crippen MR) is 527 cm³/mol. The average molecular weight is 1870 g/mol. The number of carbonyl (C=O) groups excluding carboxylic acids is 8. The molecule has 2 aliphatic rings. The summed E-state index contributed by atoms with van der Waals surface area (Å²) in [5.74, 6) is 1.50. The van der Waals surface area contributed by atoms with Gasteiger partial charge in [-0.25, -0.2) is 44.7 Å². The van der Waals surface area contributed by atoms with Crippen LogP contribution in [0, 0.1) is 17.8 Å². The van der Waals surface area contributed by atoms with Gasteiger partial charge in [0.15, 0.2) is 45.9 Å². The van der Waals surface area contributed by atoms with E-state index in [2.05, 4.69) is 163 Å². The van der Waals surface area contributed by atoms with Gasteiger partial charge < -0.3 is 72.1 Å². The molecule has 1 saturated carbocycles. The third-order valence-corrected chi connectivity index (χ3v) is 23.2. The van der Waals surface area contributed by atoms with Gasteiger partial charge in [-0.05, 0) is 116 Å². The van der Waals surface area contributed by atoms with E-state index < -0.39 is 0 Å². The van der Waals surface area contributed by atoms with Crippen molar-refractivity contribution in [3.63, 3.8) is 0 Å². The van der Waals surface area contributed by atoms with Crippen LogP contribution in [-0.4, -0.2) is 227 Å². The van der Waals surface area contributed by atoms with E-state index in [0.717, 1.165) is 101 Å². The first kappa shape index (κ1) is 90.5. The summed E-state index contributed by atoms with van der Waals surface area (Å²) >= 11 is 0. The van der Waals surface area contributed by atoms with E-state index in [-0.39, 0.29) is 65.1 Å². The molecule has 2 fully saturated rings. The minimum atomic E-state index is -0.213. The van der Waals surface area contributed by atoms with Crippen LogP contribution in [0.15, 0.2) is 196 Å². The fourth-order valence-corrected chi connectivity index (χ4v) is 15.9. The molecule has 1 saturated heterocycles. The van der Waals surface area contributed by atoms with Gasteiger partial charge in [0.05, 0.1) is 127 Å². The maximum absolute atomic E-state index is 12.6. The maximum atomic E-state index is 12.6. The second kappa shape index (κ2) is 39.1. The molecule has 140 heavy (non-hydrogen) atoms. The number of rotatable bonds is 20. The van der Waals surface area contributed by atoms with Gasteiger partial charge in [0, 0.05) is 154 Å². The topological polar surface area (TPSA) is 578 Å². The first-order chi connectivity index (χ1) is 68.1. The number of fused-ring (bicyclic) bond motifs is 8. The number of aromatic amines is 8. The van der Waals surface area contributed by atoms with Crippen molar-refractivity contribution in [2.24, 2.45) is 17.8 Å². The van der Waals surface area contributed by atoms with Crippen molar-refractivity contribution < 1.29 is 43.1 Å². The quantitative estimate of drug-likeness (QED) is 0.0337. The number of aromatic nitrogens is 24. The van der Waals surface area contributed by atoms with Crippen molar-refractivity contribution in [2.45, 2.75) is 47.0 Å². The number of anilines is 4. The molecule has 0 spiro atoms. The third kappa shape index (κ3) is 19.0. The number of morpholine rings is 1. The van der Waals surface area contributed by atoms with E-state index in [9.17, 15) is 38.4 Å². The second-order valence-corrected chi connectivity index (χ2v) is 33.7. The summed E-state index contributed by atoms with van der Waals surface area (Å²) < 4.78 is 5.31. The van der Waals surface area contributed by atoms with Crippen LogP contribution in [0.2, 0.25) is 0 Å². The van der Waals surface area contributed by atoms with Crippen LogP contribution >= 0.6 is 0 Å². The molecule has 17 heterocycles. The van der Waals surface area contributed by atoms with E-state index in [1.54, 1.807) is 150 Å². The number of pyridine rings is 8. The Balaban J connectivity index is 0.000000119. The lowest BCUT2D eigenvalue weighted by Gasteiger charge is -2.26. The van der Waals surface area contributed by atoms with Crippen molar-refractivity contribution in [1.29, 1.82) is 0 Å². The van der Waals surface area contributed by atoms with E-state index in [0.29, 0.717) is 168 Å². The van der Waals surface area contributed by atoms with Gasteiger partial charge in [-0.15, -0.1) is 0 Å². The zero-order chi connectivity index (χ0) is 96.9. The lowest BCUT2D eigenvalue weighted by molar-refractivity contribution is -0.119. The van der Waals surface area contributed by atoms with Crippen LogP contribution < -0.4 is 42.5 Å². The van der Waals surface area contributed by atoms with Crippen molar-refractivity contribution in [3.05, 3.63) is 218 Å². The third-order valence-electron chi connectivity index (χ3n) is 23.2. The van der Waals surface area contributed by atoms with Crippen molar-refractivity contribution in [1.82, 2.24) is 147 Å². The molecule has 42 heteroatoms. The molecule has 0 radical (unpaired) electrons. The Morgan fingerprint density at radius 1 is 0.371 bits per heavy atom. The Bertz CT molecular complexity index is 8000. The Morgan fingerprint density at radius 2 is 0.671 bits per heavy atom. The summed E-state index contributed by atoms with van der Waals surface area (Å²) in [5.41, 5.74) is 20.8. The molecular formula is C98H89N33O9. The van der Waals surface area contributed by atoms with Gasteiger partial charge in [0.2, 0.25) is 17.7 Å². The number of hydrogen-bond donors (Lipinski definition) is 16. The summed E-state index contributed by atoms with van der Waals surface area (Å²) in [4.78, 5) is 166. The Kier molecular flexibility index (Phi) is 25.3. The molecule has 0 bridgehead atoms. The van der Waals surface area contributed by atoms with Crippen LogP contribution in [0.4, 0.5) is 27.5 Å². The SMILES string of the molecule is CNC(=O)c1cccc2[nH]c(-c3[nH]nc4ncc(-c5cncc(NC(=O)C(C)C)c5)cc34)nc12.CNC(=O)c1cccc2[nH]c(-c3[nH]nc4ncc(-c5cncc(NC(=O)C6CC6)c5)cc34)nc12.CNC(=O)c1cccc2[nH]c(-c3[nH]nc4ncc(-c5cncc(NC(=O)CC(C)C)c5)cc34)nc12.CNC(=O)c1cccc2[nH]c(-c3[nH]nc4ncc(-c5cncc(NC(=O)N6CCOCC6)c5)cc34)nc12.